The topological polar surface area (TPSA) is 38.3 Å². The number of hydrogen-bond acceptors (Lipinski definition) is 2. The molecule has 0 bridgehead atoms. The Bertz CT molecular complexity index is 640. The summed E-state index contributed by atoms with van der Waals surface area (Å²) in [5.74, 6) is 0.611. The monoisotopic (exact) mass is 303 g/mol. The molecule has 2 rings (SSSR count). The second kappa shape index (κ2) is 7.14. The summed E-state index contributed by atoms with van der Waals surface area (Å²) in [4.78, 5) is 11.9. The van der Waals surface area contributed by atoms with Crippen molar-refractivity contribution in [3.05, 3.63) is 64.2 Å². The van der Waals surface area contributed by atoms with Gasteiger partial charge in [-0.3, -0.25) is 4.79 Å². The minimum atomic E-state index is -0.0933. The minimum Gasteiger partial charge on any atom is -0.492 e. The van der Waals surface area contributed by atoms with E-state index in [1.807, 2.05) is 44.2 Å². The summed E-state index contributed by atoms with van der Waals surface area (Å²) in [5.41, 5.74) is 2.73. The first-order valence-corrected chi connectivity index (χ1v) is 7.18. The van der Waals surface area contributed by atoms with Crippen LogP contribution in [0.25, 0.3) is 0 Å². The summed E-state index contributed by atoms with van der Waals surface area (Å²) in [6.07, 6.45) is 0. The van der Waals surface area contributed by atoms with Gasteiger partial charge in [-0.1, -0.05) is 35.4 Å². The third-order valence-corrected chi connectivity index (χ3v) is 3.49. The number of halogens is 1. The van der Waals surface area contributed by atoms with Crippen molar-refractivity contribution in [1.29, 1.82) is 0 Å². The van der Waals surface area contributed by atoms with E-state index >= 15 is 0 Å². The molecule has 0 saturated heterocycles. The molecule has 2 aromatic carbocycles. The van der Waals surface area contributed by atoms with E-state index < -0.39 is 0 Å². The lowest BCUT2D eigenvalue weighted by molar-refractivity contribution is 0.0947. The lowest BCUT2D eigenvalue weighted by Crippen LogP contribution is -2.28. The van der Waals surface area contributed by atoms with Gasteiger partial charge >= 0.3 is 0 Å². The fourth-order valence-electron chi connectivity index (χ4n) is 1.89. The van der Waals surface area contributed by atoms with Gasteiger partial charge in [0.05, 0.1) is 6.54 Å². The van der Waals surface area contributed by atoms with Crippen LogP contribution >= 0.6 is 11.6 Å². The van der Waals surface area contributed by atoms with Crippen molar-refractivity contribution in [3.63, 3.8) is 0 Å². The molecule has 0 unspecified atom stereocenters. The van der Waals surface area contributed by atoms with Crippen LogP contribution < -0.4 is 10.1 Å². The number of amides is 1. The van der Waals surface area contributed by atoms with Gasteiger partial charge in [0.1, 0.15) is 12.4 Å². The number of nitrogens with one attached hydrogen (secondary N) is 1. The van der Waals surface area contributed by atoms with Crippen LogP contribution in [0.2, 0.25) is 5.02 Å². The molecule has 0 radical (unpaired) electrons. The first-order chi connectivity index (χ1) is 10.1. The molecule has 0 aliphatic carbocycles. The van der Waals surface area contributed by atoms with Crippen molar-refractivity contribution in [2.45, 2.75) is 13.8 Å². The van der Waals surface area contributed by atoms with Gasteiger partial charge in [-0.15, -0.1) is 0 Å². The molecular formula is C17H18ClNO2. The minimum absolute atomic E-state index is 0.0933. The summed E-state index contributed by atoms with van der Waals surface area (Å²) >= 11 is 6.02. The molecule has 2 aromatic rings. The van der Waals surface area contributed by atoms with Crippen molar-refractivity contribution in [2.75, 3.05) is 13.2 Å². The summed E-state index contributed by atoms with van der Waals surface area (Å²) in [6, 6.07) is 13.0. The summed E-state index contributed by atoms with van der Waals surface area (Å²) < 4.78 is 5.55. The molecule has 0 heterocycles. The van der Waals surface area contributed by atoms with E-state index in [0.717, 1.165) is 11.1 Å². The molecule has 0 aliphatic rings. The van der Waals surface area contributed by atoms with E-state index in [9.17, 15) is 4.79 Å². The zero-order valence-corrected chi connectivity index (χ0v) is 12.9. The standard InChI is InChI=1S/C17H18ClNO2/c1-12-4-3-5-14(10-12)17(20)19-8-9-21-15-7-6-13(2)16(18)11-15/h3-7,10-11H,8-9H2,1-2H3,(H,19,20). The normalized spacial score (nSPS) is 10.2. The highest BCUT2D eigenvalue weighted by Gasteiger charge is 2.04. The highest BCUT2D eigenvalue weighted by atomic mass is 35.5. The van der Waals surface area contributed by atoms with Crippen LogP contribution in [-0.4, -0.2) is 19.1 Å². The largest absolute Gasteiger partial charge is 0.492 e. The average molecular weight is 304 g/mol. The predicted molar refractivity (Wildman–Crippen MR) is 85.2 cm³/mol. The second-order valence-corrected chi connectivity index (χ2v) is 5.29. The van der Waals surface area contributed by atoms with Crippen molar-refractivity contribution < 1.29 is 9.53 Å². The van der Waals surface area contributed by atoms with Gasteiger partial charge in [0.2, 0.25) is 0 Å². The molecule has 21 heavy (non-hydrogen) atoms. The Kier molecular flexibility index (Phi) is 5.23. The van der Waals surface area contributed by atoms with E-state index in [2.05, 4.69) is 5.32 Å². The van der Waals surface area contributed by atoms with Crippen molar-refractivity contribution in [3.8, 4) is 5.75 Å². The molecule has 0 spiro atoms. The Hall–Kier alpha value is -2.00. The van der Waals surface area contributed by atoms with E-state index in [0.29, 0.717) is 29.5 Å². The van der Waals surface area contributed by atoms with Gasteiger partial charge in [-0.05, 0) is 43.7 Å². The van der Waals surface area contributed by atoms with Crippen LogP contribution in [0.5, 0.6) is 5.75 Å². The van der Waals surface area contributed by atoms with Gasteiger partial charge < -0.3 is 10.1 Å². The summed E-state index contributed by atoms with van der Waals surface area (Å²) in [7, 11) is 0. The van der Waals surface area contributed by atoms with E-state index in [4.69, 9.17) is 16.3 Å². The van der Waals surface area contributed by atoms with Gasteiger partial charge in [0.25, 0.3) is 5.91 Å². The number of ether oxygens (including phenoxy) is 1. The Labute approximate surface area is 129 Å². The molecule has 0 saturated carbocycles. The third kappa shape index (κ3) is 4.50. The maximum absolute atomic E-state index is 11.9. The van der Waals surface area contributed by atoms with Crippen LogP contribution in [0.4, 0.5) is 0 Å². The third-order valence-electron chi connectivity index (χ3n) is 3.08. The van der Waals surface area contributed by atoms with E-state index in [1.54, 1.807) is 12.1 Å². The number of benzene rings is 2. The van der Waals surface area contributed by atoms with Crippen LogP contribution in [0.3, 0.4) is 0 Å². The van der Waals surface area contributed by atoms with E-state index in [-0.39, 0.29) is 5.91 Å². The van der Waals surface area contributed by atoms with E-state index in [1.165, 1.54) is 0 Å². The number of carbonyl (C=O) groups excluding carboxylic acids is 1. The van der Waals surface area contributed by atoms with Crippen LogP contribution in [-0.2, 0) is 0 Å². The molecule has 110 valence electrons. The van der Waals surface area contributed by atoms with Gasteiger partial charge in [0.15, 0.2) is 0 Å². The lowest BCUT2D eigenvalue weighted by atomic mass is 10.1. The Morgan fingerprint density at radius 2 is 2.00 bits per heavy atom. The van der Waals surface area contributed by atoms with Crippen LogP contribution in [0.1, 0.15) is 21.5 Å². The Morgan fingerprint density at radius 3 is 2.71 bits per heavy atom. The van der Waals surface area contributed by atoms with Crippen molar-refractivity contribution >= 4 is 17.5 Å². The van der Waals surface area contributed by atoms with Crippen LogP contribution in [0.15, 0.2) is 42.5 Å². The van der Waals surface area contributed by atoms with Crippen LogP contribution in [0, 0.1) is 13.8 Å². The SMILES string of the molecule is Cc1cccc(C(=O)NCCOc2ccc(C)c(Cl)c2)c1. The fourth-order valence-corrected chi connectivity index (χ4v) is 2.06. The lowest BCUT2D eigenvalue weighted by Gasteiger charge is -2.09. The highest BCUT2D eigenvalue weighted by molar-refractivity contribution is 6.31. The molecule has 0 aromatic heterocycles. The molecule has 0 fully saturated rings. The zero-order valence-electron chi connectivity index (χ0n) is 12.2. The zero-order chi connectivity index (χ0) is 15.2. The van der Waals surface area contributed by atoms with Gasteiger partial charge in [-0.2, -0.15) is 0 Å². The second-order valence-electron chi connectivity index (χ2n) is 4.88. The van der Waals surface area contributed by atoms with Crippen molar-refractivity contribution in [2.24, 2.45) is 0 Å². The number of carbonyl (C=O) groups is 1. The first kappa shape index (κ1) is 15.4. The summed E-state index contributed by atoms with van der Waals surface area (Å²) in [6.45, 7) is 4.74. The maximum Gasteiger partial charge on any atom is 0.251 e. The molecule has 0 aliphatic heterocycles. The molecule has 1 amide bonds. The molecular weight excluding hydrogens is 286 g/mol. The Morgan fingerprint density at radius 1 is 1.19 bits per heavy atom. The molecule has 0 atom stereocenters. The van der Waals surface area contributed by atoms with Gasteiger partial charge in [-0.25, -0.2) is 0 Å². The predicted octanol–water partition coefficient (Wildman–Crippen LogP) is 3.77. The van der Waals surface area contributed by atoms with Crippen molar-refractivity contribution in [1.82, 2.24) is 5.32 Å². The molecule has 1 N–H and O–H groups in total. The highest BCUT2D eigenvalue weighted by Crippen LogP contribution is 2.21. The number of rotatable bonds is 5. The number of aryl methyl sites for hydroxylation is 2. The smallest absolute Gasteiger partial charge is 0.251 e. The molecule has 4 heteroatoms. The quantitative estimate of drug-likeness (QED) is 0.854. The fraction of sp³-hybridized carbons (Fsp3) is 0.235. The number of hydrogen-bond donors (Lipinski definition) is 1. The summed E-state index contributed by atoms with van der Waals surface area (Å²) in [5, 5.41) is 3.50. The Balaban J connectivity index is 1.79. The molecule has 3 nitrogen and oxygen atoms in total. The average Bonchev–Trinajstić information content (AvgIpc) is 2.47. The maximum atomic E-state index is 11.9. The van der Waals surface area contributed by atoms with Gasteiger partial charge in [0, 0.05) is 10.6 Å². The first-order valence-electron chi connectivity index (χ1n) is 6.80.